The van der Waals surface area contributed by atoms with Gasteiger partial charge in [-0.15, -0.1) is 0 Å². The second kappa shape index (κ2) is 7.23. The number of methoxy groups -OCH3 is 1. The van der Waals surface area contributed by atoms with E-state index in [2.05, 4.69) is 15.4 Å². The number of aryl methyl sites for hydroxylation is 2. The summed E-state index contributed by atoms with van der Waals surface area (Å²) in [5.74, 6) is 0.0632. The Morgan fingerprint density at radius 1 is 1.14 bits per heavy atom. The lowest BCUT2D eigenvalue weighted by Crippen LogP contribution is -2.23. The number of hydrogen-bond donors (Lipinski definition) is 1. The second-order valence-electron chi connectivity index (χ2n) is 6.65. The van der Waals surface area contributed by atoms with E-state index in [1.807, 2.05) is 41.9 Å². The van der Waals surface area contributed by atoms with Crippen molar-refractivity contribution in [1.82, 2.24) is 19.2 Å². The first-order valence-electron chi connectivity index (χ1n) is 8.94. The lowest BCUT2D eigenvalue weighted by atomic mass is 10.1. The van der Waals surface area contributed by atoms with Crippen LogP contribution in [0.5, 0.6) is 5.75 Å². The summed E-state index contributed by atoms with van der Waals surface area (Å²) >= 11 is 0. The molecule has 1 N–H and O–H groups in total. The minimum atomic E-state index is -0.443. The number of aromatic nitrogens is 4. The predicted molar refractivity (Wildman–Crippen MR) is 109 cm³/mol. The standard InChI is InChI=1S/C21H19N5O3/c1-13-8-9-26-12-17(22-19(26)10-13)14-4-6-18(29-3)16(11-14)23-21(28)15-5-7-20(27)25(2)24-15/h4-12H,1-3H3,(H,23,28). The molecule has 29 heavy (non-hydrogen) atoms. The molecule has 0 radical (unpaired) electrons. The maximum Gasteiger partial charge on any atom is 0.276 e. The number of pyridine rings is 1. The van der Waals surface area contributed by atoms with Gasteiger partial charge in [0.05, 0.1) is 18.5 Å². The lowest BCUT2D eigenvalue weighted by molar-refractivity contribution is 0.101. The molecule has 3 aromatic heterocycles. The molecule has 0 spiro atoms. The van der Waals surface area contributed by atoms with Crippen molar-refractivity contribution in [2.24, 2.45) is 7.05 Å². The summed E-state index contributed by atoms with van der Waals surface area (Å²) in [4.78, 5) is 28.8. The van der Waals surface area contributed by atoms with Crippen LogP contribution in [0.2, 0.25) is 0 Å². The van der Waals surface area contributed by atoms with Crippen LogP contribution in [-0.2, 0) is 7.05 Å². The van der Waals surface area contributed by atoms with Gasteiger partial charge in [0.2, 0.25) is 0 Å². The molecule has 3 heterocycles. The van der Waals surface area contributed by atoms with Crippen molar-refractivity contribution in [2.75, 3.05) is 12.4 Å². The zero-order valence-corrected chi connectivity index (χ0v) is 16.2. The van der Waals surface area contributed by atoms with E-state index < -0.39 is 5.91 Å². The molecule has 0 aliphatic carbocycles. The van der Waals surface area contributed by atoms with E-state index in [1.54, 1.807) is 12.1 Å². The summed E-state index contributed by atoms with van der Waals surface area (Å²) in [6, 6.07) is 12.2. The third-order valence-electron chi connectivity index (χ3n) is 4.55. The fraction of sp³-hybridized carbons (Fsp3) is 0.143. The third kappa shape index (κ3) is 3.60. The first-order chi connectivity index (χ1) is 13.9. The van der Waals surface area contributed by atoms with Gasteiger partial charge >= 0.3 is 0 Å². The van der Waals surface area contributed by atoms with Crippen LogP contribution in [0.3, 0.4) is 0 Å². The van der Waals surface area contributed by atoms with Crippen molar-refractivity contribution in [3.05, 3.63) is 76.5 Å². The van der Waals surface area contributed by atoms with Crippen molar-refractivity contribution in [1.29, 1.82) is 0 Å². The van der Waals surface area contributed by atoms with E-state index in [0.717, 1.165) is 27.1 Å². The molecule has 0 saturated carbocycles. The van der Waals surface area contributed by atoms with Gasteiger partial charge in [-0.05, 0) is 48.9 Å². The van der Waals surface area contributed by atoms with Crippen molar-refractivity contribution >= 4 is 17.2 Å². The van der Waals surface area contributed by atoms with Crippen LogP contribution in [0, 0.1) is 6.92 Å². The number of carbonyl (C=O) groups excluding carboxylic acids is 1. The summed E-state index contributed by atoms with van der Waals surface area (Å²) in [6.07, 6.45) is 3.88. The Bertz CT molecular complexity index is 1290. The normalized spacial score (nSPS) is 10.9. The van der Waals surface area contributed by atoms with Gasteiger partial charge in [-0.2, -0.15) is 5.10 Å². The summed E-state index contributed by atoms with van der Waals surface area (Å²) in [5.41, 5.74) is 3.90. The molecule has 146 valence electrons. The molecule has 0 unspecified atom stereocenters. The molecule has 8 heteroatoms. The Balaban J connectivity index is 1.69. The number of nitrogens with zero attached hydrogens (tertiary/aromatic N) is 4. The maximum atomic E-state index is 12.6. The van der Waals surface area contributed by atoms with Crippen LogP contribution < -0.4 is 15.6 Å². The maximum absolute atomic E-state index is 12.6. The lowest BCUT2D eigenvalue weighted by Gasteiger charge is -2.11. The SMILES string of the molecule is COc1ccc(-c2cn3ccc(C)cc3n2)cc1NC(=O)c1ccc(=O)n(C)n1. The average molecular weight is 389 g/mol. The van der Waals surface area contributed by atoms with Gasteiger partial charge in [-0.3, -0.25) is 9.59 Å². The fourth-order valence-electron chi connectivity index (χ4n) is 3.00. The van der Waals surface area contributed by atoms with Crippen LogP contribution in [-0.4, -0.2) is 32.2 Å². The predicted octanol–water partition coefficient (Wildman–Crippen LogP) is 2.66. The van der Waals surface area contributed by atoms with E-state index in [4.69, 9.17) is 4.74 Å². The highest BCUT2D eigenvalue weighted by atomic mass is 16.5. The van der Waals surface area contributed by atoms with Crippen molar-refractivity contribution in [3.8, 4) is 17.0 Å². The molecule has 0 atom stereocenters. The van der Waals surface area contributed by atoms with Crippen molar-refractivity contribution in [2.45, 2.75) is 6.92 Å². The quantitative estimate of drug-likeness (QED) is 0.580. The highest BCUT2D eigenvalue weighted by Gasteiger charge is 2.14. The summed E-state index contributed by atoms with van der Waals surface area (Å²) < 4.78 is 8.43. The Kier molecular flexibility index (Phi) is 4.59. The number of imidazole rings is 1. The highest BCUT2D eigenvalue weighted by Crippen LogP contribution is 2.30. The number of rotatable bonds is 4. The summed E-state index contributed by atoms with van der Waals surface area (Å²) in [5, 5.41) is 6.78. The Labute approximate surface area is 166 Å². The van der Waals surface area contributed by atoms with E-state index in [1.165, 1.54) is 26.3 Å². The van der Waals surface area contributed by atoms with Gasteiger partial charge in [0.1, 0.15) is 17.1 Å². The smallest absolute Gasteiger partial charge is 0.276 e. The van der Waals surface area contributed by atoms with Crippen LogP contribution in [0.25, 0.3) is 16.9 Å². The van der Waals surface area contributed by atoms with Crippen molar-refractivity contribution in [3.63, 3.8) is 0 Å². The number of amides is 1. The summed E-state index contributed by atoms with van der Waals surface area (Å²) in [7, 11) is 3.02. The number of ether oxygens (including phenoxy) is 1. The third-order valence-corrected chi connectivity index (χ3v) is 4.55. The van der Waals surface area contributed by atoms with Gasteiger partial charge in [-0.25, -0.2) is 9.67 Å². The van der Waals surface area contributed by atoms with Gasteiger partial charge in [-0.1, -0.05) is 0 Å². The van der Waals surface area contributed by atoms with Gasteiger partial charge in [0, 0.05) is 31.1 Å². The number of hydrogen-bond acceptors (Lipinski definition) is 5. The topological polar surface area (TPSA) is 90.5 Å². The van der Waals surface area contributed by atoms with E-state index in [0.29, 0.717) is 11.4 Å². The van der Waals surface area contributed by atoms with E-state index >= 15 is 0 Å². The number of nitrogens with one attached hydrogen (secondary N) is 1. The van der Waals surface area contributed by atoms with E-state index in [9.17, 15) is 9.59 Å². The van der Waals surface area contributed by atoms with Crippen LogP contribution in [0.4, 0.5) is 5.69 Å². The van der Waals surface area contributed by atoms with Gasteiger partial charge < -0.3 is 14.5 Å². The average Bonchev–Trinajstić information content (AvgIpc) is 3.13. The zero-order valence-electron chi connectivity index (χ0n) is 16.2. The van der Waals surface area contributed by atoms with E-state index in [-0.39, 0.29) is 11.3 Å². The highest BCUT2D eigenvalue weighted by molar-refractivity contribution is 6.03. The minimum Gasteiger partial charge on any atom is -0.495 e. The number of carbonyl (C=O) groups is 1. The Morgan fingerprint density at radius 3 is 2.72 bits per heavy atom. The first-order valence-corrected chi connectivity index (χ1v) is 8.94. The molecule has 8 nitrogen and oxygen atoms in total. The van der Waals surface area contributed by atoms with Gasteiger partial charge in [0.25, 0.3) is 11.5 Å². The second-order valence-corrected chi connectivity index (χ2v) is 6.65. The minimum absolute atomic E-state index is 0.128. The molecule has 0 fully saturated rings. The molecule has 1 aromatic carbocycles. The molecular weight excluding hydrogens is 370 g/mol. The molecule has 4 aromatic rings. The number of fused-ring (bicyclic) bond motifs is 1. The Morgan fingerprint density at radius 2 is 1.97 bits per heavy atom. The van der Waals surface area contributed by atoms with Crippen LogP contribution in [0.15, 0.2) is 59.7 Å². The Hall–Kier alpha value is -3.94. The van der Waals surface area contributed by atoms with Crippen LogP contribution >= 0.6 is 0 Å². The molecule has 4 rings (SSSR count). The monoisotopic (exact) mass is 389 g/mol. The molecule has 0 bridgehead atoms. The number of benzene rings is 1. The summed E-state index contributed by atoms with van der Waals surface area (Å²) in [6.45, 7) is 2.02. The largest absolute Gasteiger partial charge is 0.495 e. The molecule has 0 aliphatic heterocycles. The van der Waals surface area contributed by atoms with Crippen LogP contribution in [0.1, 0.15) is 16.1 Å². The molecule has 0 aliphatic rings. The molecule has 1 amide bonds. The van der Waals surface area contributed by atoms with Gasteiger partial charge in [0.15, 0.2) is 0 Å². The molecular formula is C21H19N5O3. The first kappa shape index (κ1) is 18.4. The number of anilines is 1. The molecule has 0 saturated heterocycles. The van der Waals surface area contributed by atoms with Crippen molar-refractivity contribution < 1.29 is 9.53 Å². The fourth-order valence-corrected chi connectivity index (χ4v) is 3.00. The zero-order chi connectivity index (χ0) is 20.5.